The first-order valence-electron chi connectivity index (χ1n) is 6.18. The Kier molecular flexibility index (Phi) is 2.76. The number of H-pyrrole nitrogens is 1. The number of aromatic amines is 1. The third-order valence-electron chi connectivity index (χ3n) is 3.52. The van der Waals surface area contributed by atoms with E-state index in [0.717, 1.165) is 36.4 Å². The van der Waals surface area contributed by atoms with E-state index in [0.29, 0.717) is 0 Å². The number of hydrogen-bond acceptors (Lipinski definition) is 4. The van der Waals surface area contributed by atoms with Crippen molar-refractivity contribution < 1.29 is 0 Å². The van der Waals surface area contributed by atoms with Crippen LogP contribution in [-0.2, 0) is 0 Å². The molecule has 0 amide bonds. The number of nitrogens with zero attached hydrogens (tertiary/aromatic N) is 3. The van der Waals surface area contributed by atoms with Crippen LogP contribution >= 0.6 is 0 Å². The molecule has 0 aromatic carbocycles. The van der Waals surface area contributed by atoms with Crippen molar-refractivity contribution in [2.75, 3.05) is 25.0 Å². The average molecular weight is 243 g/mol. The number of hydrogen-bond donors (Lipinski definition) is 2. The Bertz CT molecular complexity index is 598. The predicted molar refractivity (Wildman–Crippen MR) is 72.5 cm³/mol. The fraction of sp³-hybridized carbons (Fsp3) is 0.385. The molecule has 2 aromatic heterocycles. The molecule has 3 rings (SSSR count). The highest BCUT2D eigenvalue weighted by Crippen LogP contribution is 2.26. The lowest BCUT2D eigenvalue weighted by molar-refractivity contribution is 0.661. The molecular weight excluding hydrogens is 226 g/mol. The van der Waals surface area contributed by atoms with Gasteiger partial charge < -0.3 is 15.2 Å². The molecule has 0 radical (unpaired) electrons. The van der Waals surface area contributed by atoms with Crippen LogP contribution in [0.1, 0.15) is 13.3 Å². The van der Waals surface area contributed by atoms with Crippen LogP contribution in [0.3, 0.4) is 0 Å². The first-order valence-corrected chi connectivity index (χ1v) is 6.18. The molecule has 5 heteroatoms. The highest BCUT2D eigenvalue weighted by molar-refractivity contribution is 5.88. The van der Waals surface area contributed by atoms with Crippen molar-refractivity contribution in [2.24, 2.45) is 0 Å². The minimum Gasteiger partial charge on any atom is -0.346 e. The van der Waals surface area contributed by atoms with Gasteiger partial charge in [-0.25, -0.2) is 9.97 Å². The molecule has 0 saturated carbocycles. The summed E-state index contributed by atoms with van der Waals surface area (Å²) < 4.78 is 0. The Morgan fingerprint density at radius 2 is 2.22 bits per heavy atom. The van der Waals surface area contributed by atoms with Crippen LogP contribution in [0, 0.1) is 0 Å². The number of fused-ring (bicyclic) bond motifs is 1. The summed E-state index contributed by atoms with van der Waals surface area (Å²) in [5, 5.41) is 4.47. The van der Waals surface area contributed by atoms with Gasteiger partial charge in [-0.1, -0.05) is 5.57 Å². The first-order chi connectivity index (χ1) is 8.77. The first kappa shape index (κ1) is 11.2. The van der Waals surface area contributed by atoms with E-state index in [-0.39, 0.29) is 0 Å². The summed E-state index contributed by atoms with van der Waals surface area (Å²) in [4.78, 5) is 13.9. The maximum atomic E-state index is 4.42. The largest absolute Gasteiger partial charge is 0.346 e. The van der Waals surface area contributed by atoms with Gasteiger partial charge in [0.25, 0.3) is 0 Å². The van der Waals surface area contributed by atoms with Gasteiger partial charge in [0.1, 0.15) is 17.8 Å². The van der Waals surface area contributed by atoms with Crippen LogP contribution in [0.25, 0.3) is 11.0 Å². The summed E-state index contributed by atoms with van der Waals surface area (Å²) in [7, 11) is 2.07. The molecule has 3 heterocycles. The third-order valence-corrected chi connectivity index (χ3v) is 3.52. The lowest BCUT2D eigenvalue weighted by atomic mass is 10.1. The Labute approximate surface area is 106 Å². The van der Waals surface area contributed by atoms with Gasteiger partial charge in [0.2, 0.25) is 0 Å². The quantitative estimate of drug-likeness (QED) is 0.842. The van der Waals surface area contributed by atoms with Crippen molar-refractivity contribution in [3.8, 4) is 0 Å². The van der Waals surface area contributed by atoms with Crippen molar-refractivity contribution in [3.05, 3.63) is 29.9 Å². The fourth-order valence-corrected chi connectivity index (χ4v) is 2.44. The Balaban J connectivity index is 2.06. The molecule has 0 fully saturated rings. The van der Waals surface area contributed by atoms with E-state index in [1.807, 2.05) is 12.3 Å². The molecule has 5 nitrogen and oxygen atoms in total. The zero-order valence-corrected chi connectivity index (χ0v) is 10.7. The van der Waals surface area contributed by atoms with Crippen molar-refractivity contribution in [2.45, 2.75) is 13.3 Å². The molecule has 2 aromatic rings. The van der Waals surface area contributed by atoms with Gasteiger partial charge in [-0.3, -0.25) is 0 Å². The average Bonchev–Trinajstić information content (AvgIpc) is 2.86. The lowest BCUT2D eigenvalue weighted by Crippen LogP contribution is -2.33. The molecule has 1 aliphatic rings. The Morgan fingerprint density at radius 3 is 3.06 bits per heavy atom. The monoisotopic (exact) mass is 243 g/mol. The summed E-state index contributed by atoms with van der Waals surface area (Å²) in [6, 6.07) is 2.02. The Hall–Kier alpha value is -1.88. The molecule has 94 valence electrons. The SMILES string of the molecule is CC1=C(N(C)c2ncnc3[nH]ccc23)CNCC1. The van der Waals surface area contributed by atoms with Gasteiger partial charge in [-0.2, -0.15) is 0 Å². The van der Waals surface area contributed by atoms with E-state index in [9.17, 15) is 0 Å². The molecule has 0 atom stereocenters. The van der Waals surface area contributed by atoms with Gasteiger partial charge in [-0.05, 0) is 26.0 Å². The molecular formula is C13H17N5. The number of rotatable bonds is 2. The molecule has 2 N–H and O–H groups in total. The molecule has 18 heavy (non-hydrogen) atoms. The summed E-state index contributed by atoms with van der Waals surface area (Å²) in [6.45, 7) is 4.16. The normalized spacial score (nSPS) is 16.3. The van der Waals surface area contributed by atoms with Gasteiger partial charge in [0.05, 0.1) is 5.39 Å². The molecule has 1 aliphatic heterocycles. The molecule has 0 unspecified atom stereocenters. The van der Waals surface area contributed by atoms with E-state index >= 15 is 0 Å². The second-order valence-corrected chi connectivity index (χ2v) is 4.65. The summed E-state index contributed by atoms with van der Waals surface area (Å²) in [6.07, 6.45) is 4.61. The second-order valence-electron chi connectivity index (χ2n) is 4.65. The standard InChI is InChI=1S/C13H17N5/c1-9-3-5-14-7-11(9)18(2)13-10-4-6-15-12(10)16-8-17-13/h4,6,8,14H,3,5,7H2,1-2H3,(H,15,16,17). The van der Waals surface area contributed by atoms with E-state index in [1.54, 1.807) is 6.33 Å². The smallest absolute Gasteiger partial charge is 0.145 e. The van der Waals surface area contributed by atoms with E-state index in [2.05, 4.69) is 39.1 Å². The molecule has 0 saturated heterocycles. The summed E-state index contributed by atoms with van der Waals surface area (Å²) in [5.41, 5.74) is 3.62. The minimum atomic E-state index is 0.883. The van der Waals surface area contributed by atoms with E-state index < -0.39 is 0 Å². The zero-order valence-electron chi connectivity index (χ0n) is 10.7. The minimum absolute atomic E-state index is 0.883. The number of nitrogens with one attached hydrogen (secondary N) is 2. The van der Waals surface area contributed by atoms with Crippen molar-refractivity contribution in [1.29, 1.82) is 0 Å². The maximum absolute atomic E-state index is 4.42. The maximum Gasteiger partial charge on any atom is 0.145 e. The van der Waals surface area contributed by atoms with Crippen LogP contribution in [-0.4, -0.2) is 35.1 Å². The number of likely N-dealkylation sites (N-methyl/N-ethyl adjacent to an activating group) is 1. The van der Waals surface area contributed by atoms with Gasteiger partial charge in [-0.15, -0.1) is 0 Å². The fourth-order valence-electron chi connectivity index (χ4n) is 2.44. The van der Waals surface area contributed by atoms with Crippen molar-refractivity contribution >= 4 is 16.9 Å². The van der Waals surface area contributed by atoms with Gasteiger partial charge >= 0.3 is 0 Å². The molecule has 0 aliphatic carbocycles. The summed E-state index contributed by atoms with van der Waals surface area (Å²) >= 11 is 0. The highest BCUT2D eigenvalue weighted by atomic mass is 15.2. The van der Waals surface area contributed by atoms with Crippen LogP contribution < -0.4 is 10.2 Å². The highest BCUT2D eigenvalue weighted by Gasteiger charge is 2.17. The summed E-state index contributed by atoms with van der Waals surface area (Å²) in [5.74, 6) is 0.958. The van der Waals surface area contributed by atoms with Crippen LogP contribution in [0.15, 0.2) is 29.9 Å². The lowest BCUT2D eigenvalue weighted by Gasteiger charge is -2.28. The van der Waals surface area contributed by atoms with Gasteiger partial charge in [0, 0.05) is 25.5 Å². The van der Waals surface area contributed by atoms with Crippen molar-refractivity contribution in [3.63, 3.8) is 0 Å². The van der Waals surface area contributed by atoms with Crippen LogP contribution in [0.5, 0.6) is 0 Å². The predicted octanol–water partition coefficient (Wildman–Crippen LogP) is 1.66. The topological polar surface area (TPSA) is 56.8 Å². The van der Waals surface area contributed by atoms with E-state index in [1.165, 1.54) is 11.3 Å². The van der Waals surface area contributed by atoms with E-state index in [4.69, 9.17) is 0 Å². The van der Waals surface area contributed by atoms with Gasteiger partial charge in [0.15, 0.2) is 0 Å². The zero-order chi connectivity index (χ0) is 12.5. The van der Waals surface area contributed by atoms with Crippen LogP contribution in [0.4, 0.5) is 5.82 Å². The molecule has 0 bridgehead atoms. The second kappa shape index (κ2) is 4.42. The Morgan fingerprint density at radius 1 is 1.33 bits per heavy atom. The van der Waals surface area contributed by atoms with Crippen molar-refractivity contribution in [1.82, 2.24) is 20.3 Å². The van der Waals surface area contributed by atoms with Crippen LogP contribution in [0.2, 0.25) is 0 Å². The number of aromatic nitrogens is 3. The third kappa shape index (κ3) is 1.76. The molecule has 0 spiro atoms. The number of anilines is 1.